The molecule has 1 atom stereocenters. The van der Waals surface area contributed by atoms with E-state index in [1.165, 1.54) is 26.1 Å². The summed E-state index contributed by atoms with van der Waals surface area (Å²) >= 11 is 1.84. The zero-order chi connectivity index (χ0) is 18.1. The highest BCUT2D eigenvalue weighted by Gasteiger charge is 2.31. The van der Waals surface area contributed by atoms with Gasteiger partial charge in [0.1, 0.15) is 0 Å². The van der Waals surface area contributed by atoms with E-state index in [2.05, 4.69) is 66.4 Å². The van der Waals surface area contributed by atoms with Gasteiger partial charge in [0.25, 0.3) is 0 Å². The number of hydrogen-bond donors (Lipinski definition) is 1. The van der Waals surface area contributed by atoms with E-state index in [9.17, 15) is 9.90 Å². The van der Waals surface area contributed by atoms with Gasteiger partial charge in [0.05, 0.1) is 12.0 Å². The van der Waals surface area contributed by atoms with Crippen LogP contribution in [0.2, 0.25) is 0 Å². The van der Waals surface area contributed by atoms with Gasteiger partial charge >= 0.3 is 5.97 Å². The molecule has 1 fully saturated rings. The molecule has 1 N–H and O–H groups in total. The highest BCUT2D eigenvalue weighted by atomic mass is 32.1. The van der Waals surface area contributed by atoms with E-state index in [1.54, 1.807) is 0 Å². The molecule has 3 aromatic rings. The van der Waals surface area contributed by atoms with Crippen molar-refractivity contribution in [1.29, 1.82) is 0 Å². The van der Waals surface area contributed by atoms with E-state index in [4.69, 9.17) is 0 Å². The molecule has 134 valence electrons. The van der Waals surface area contributed by atoms with Gasteiger partial charge in [-0.2, -0.15) is 0 Å². The van der Waals surface area contributed by atoms with E-state index >= 15 is 0 Å². The number of benzene rings is 2. The third kappa shape index (κ3) is 3.27. The summed E-state index contributed by atoms with van der Waals surface area (Å²) in [4.78, 5) is 16.4. The number of thiophene rings is 1. The van der Waals surface area contributed by atoms with Crippen molar-refractivity contribution < 1.29 is 9.90 Å². The Kier molecular flexibility index (Phi) is 4.79. The van der Waals surface area contributed by atoms with Crippen molar-refractivity contribution in [2.45, 2.75) is 25.8 Å². The van der Waals surface area contributed by atoms with E-state index < -0.39 is 5.97 Å². The van der Waals surface area contributed by atoms with Gasteiger partial charge in [-0.1, -0.05) is 42.5 Å². The van der Waals surface area contributed by atoms with E-state index in [0.717, 1.165) is 25.9 Å². The molecule has 0 amide bonds. The fourth-order valence-corrected chi connectivity index (χ4v) is 5.06. The monoisotopic (exact) mass is 365 g/mol. The number of carbonyl (C=O) groups is 1. The van der Waals surface area contributed by atoms with Crippen LogP contribution in [0, 0.1) is 12.8 Å². The molecule has 1 saturated heterocycles. The van der Waals surface area contributed by atoms with Crippen molar-refractivity contribution in [3.8, 4) is 0 Å². The molecule has 1 aliphatic rings. The second-order valence-corrected chi connectivity index (χ2v) is 8.39. The summed E-state index contributed by atoms with van der Waals surface area (Å²) in [7, 11) is 0. The zero-order valence-corrected chi connectivity index (χ0v) is 15.7. The first kappa shape index (κ1) is 17.3. The van der Waals surface area contributed by atoms with Crippen molar-refractivity contribution >= 4 is 28.1 Å². The number of aliphatic carboxylic acids is 1. The number of aryl methyl sites for hydroxylation is 1. The SMILES string of the molecule is Cc1ccc(C(c2cccc3ccccc23)N2CCC(C(=O)O)CC2)s1. The number of likely N-dealkylation sites (tertiary alicyclic amines) is 1. The summed E-state index contributed by atoms with van der Waals surface area (Å²) in [5.41, 5.74) is 1.32. The number of carboxylic acid groups (broad SMARTS) is 1. The second kappa shape index (κ2) is 7.22. The second-order valence-electron chi connectivity index (χ2n) is 7.07. The maximum atomic E-state index is 11.3. The fourth-order valence-electron chi connectivity index (χ4n) is 4.02. The Bertz CT molecular complexity index is 919. The summed E-state index contributed by atoms with van der Waals surface area (Å²) in [6.07, 6.45) is 1.45. The summed E-state index contributed by atoms with van der Waals surface area (Å²) < 4.78 is 0. The lowest BCUT2D eigenvalue weighted by atomic mass is 9.92. The summed E-state index contributed by atoms with van der Waals surface area (Å²) in [5, 5.41) is 11.9. The first-order valence-corrected chi connectivity index (χ1v) is 9.96. The predicted octanol–water partition coefficient (Wildman–Crippen LogP) is 5.10. The van der Waals surface area contributed by atoms with Gasteiger partial charge in [0.15, 0.2) is 0 Å². The molecule has 0 spiro atoms. The minimum absolute atomic E-state index is 0.189. The molecular formula is C22H23NO2S. The van der Waals surface area contributed by atoms with Crippen LogP contribution in [0.25, 0.3) is 10.8 Å². The Morgan fingerprint density at radius 3 is 2.50 bits per heavy atom. The van der Waals surface area contributed by atoms with Crippen molar-refractivity contribution in [3.63, 3.8) is 0 Å². The normalized spacial score (nSPS) is 17.4. The minimum Gasteiger partial charge on any atom is -0.481 e. The molecule has 1 unspecified atom stereocenters. The highest BCUT2D eigenvalue weighted by molar-refractivity contribution is 7.12. The van der Waals surface area contributed by atoms with E-state index in [0.29, 0.717) is 0 Å². The lowest BCUT2D eigenvalue weighted by Gasteiger charge is -2.37. The zero-order valence-electron chi connectivity index (χ0n) is 14.9. The maximum Gasteiger partial charge on any atom is 0.306 e. The van der Waals surface area contributed by atoms with Crippen LogP contribution in [0.5, 0.6) is 0 Å². The highest BCUT2D eigenvalue weighted by Crippen LogP contribution is 2.38. The molecule has 1 aliphatic heterocycles. The maximum absolute atomic E-state index is 11.3. The average molecular weight is 365 g/mol. The Hall–Kier alpha value is -2.17. The lowest BCUT2D eigenvalue weighted by molar-refractivity contribution is -0.143. The van der Waals surface area contributed by atoms with Gasteiger partial charge in [-0.3, -0.25) is 9.69 Å². The molecule has 0 bridgehead atoms. The van der Waals surface area contributed by atoms with Crippen molar-refractivity contribution in [1.82, 2.24) is 4.90 Å². The Labute approximate surface area is 157 Å². The van der Waals surface area contributed by atoms with Crippen molar-refractivity contribution in [3.05, 3.63) is 69.9 Å². The molecule has 4 rings (SSSR count). The molecular weight excluding hydrogens is 342 g/mol. The molecule has 0 saturated carbocycles. The van der Waals surface area contributed by atoms with Crippen LogP contribution in [-0.2, 0) is 4.79 Å². The third-order valence-corrected chi connectivity index (χ3v) is 6.45. The van der Waals surface area contributed by atoms with E-state index in [-0.39, 0.29) is 12.0 Å². The van der Waals surface area contributed by atoms with E-state index in [1.807, 2.05) is 11.3 Å². The van der Waals surface area contributed by atoms with Gasteiger partial charge in [0, 0.05) is 9.75 Å². The number of carboxylic acids is 1. The number of rotatable bonds is 4. The van der Waals surface area contributed by atoms with Crippen LogP contribution >= 0.6 is 11.3 Å². The number of nitrogens with zero attached hydrogens (tertiary/aromatic N) is 1. The van der Waals surface area contributed by atoms with Crippen LogP contribution in [0.4, 0.5) is 0 Å². The first-order chi connectivity index (χ1) is 12.6. The van der Waals surface area contributed by atoms with Gasteiger partial charge < -0.3 is 5.11 Å². The molecule has 1 aromatic heterocycles. The molecule has 3 nitrogen and oxygen atoms in total. The summed E-state index contributed by atoms with van der Waals surface area (Å²) in [6, 6.07) is 19.7. The van der Waals surface area contributed by atoms with Crippen LogP contribution in [0.15, 0.2) is 54.6 Å². The predicted molar refractivity (Wildman–Crippen MR) is 107 cm³/mol. The standard InChI is InChI=1S/C22H23NO2S/c1-15-9-10-20(26-15)21(23-13-11-17(12-14-23)22(24)25)19-8-4-6-16-5-2-3-7-18(16)19/h2-10,17,21H,11-14H2,1H3,(H,24,25). The fraction of sp³-hybridized carbons (Fsp3) is 0.318. The van der Waals surface area contributed by atoms with Crippen LogP contribution in [-0.4, -0.2) is 29.1 Å². The topological polar surface area (TPSA) is 40.5 Å². The first-order valence-electron chi connectivity index (χ1n) is 9.14. The minimum atomic E-state index is -0.654. The molecule has 4 heteroatoms. The Morgan fingerprint density at radius 1 is 1.08 bits per heavy atom. The molecule has 2 aromatic carbocycles. The van der Waals surface area contributed by atoms with Crippen LogP contribution in [0.3, 0.4) is 0 Å². The number of hydrogen-bond acceptors (Lipinski definition) is 3. The summed E-state index contributed by atoms with van der Waals surface area (Å²) in [5.74, 6) is -0.859. The average Bonchev–Trinajstić information content (AvgIpc) is 3.08. The number of piperidine rings is 1. The van der Waals surface area contributed by atoms with Gasteiger partial charge in [0.2, 0.25) is 0 Å². The largest absolute Gasteiger partial charge is 0.481 e. The molecule has 2 heterocycles. The number of fused-ring (bicyclic) bond motifs is 1. The summed E-state index contributed by atoms with van der Waals surface area (Å²) in [6.45, 7) is 3.79. The third-order valence-electron chi connectivity index (χ3n) is 5.39. The Morgan fingerprint density at radius 2 is 1.81 bits per heavy atom. The molecule has 0 aliphatic carbocycles. The van der Waals surface area contributed by atoms with Crippen molar-refractivity contribution in [2.24, 2.45) is 5.92 Å². The quantitative estimate of drug-likeness (QED) is 0.699. The van der Waals surface area contributed by atoms with Gasteiger partial charge in [-0.25, -0.2) is 0 Å². The van der Waals surface area contributed by atoms with Crippen LogP contribution < -0.4 is 0 Å². The van der Waals surface area contributed by atoms with Crippen LogP contribution in [0.1, 0.15) is 34.2 Å². The smallest absolute Gasteiger partial charge is 0.306 e. The Balaban J connectivity index is 1.76. The molecule has 26 heavy (non-hydrogen) atoms. The van der Waals surface area contributed by atoms with Crippen molar-refractivity contribution in [2.75, 3.05) is 13.1 Å². The lowest BCUT2D eigenvalue weighted by Crippen LogP contribution is -2.39. The molecule has 0 radical (unpaired) electrons. The van der Waals surface area contributed by atoms with Gasteiger partial charge in [-0.15, -0.1) is 11.3 Å². The van der Waals surface area contributed by atoms with Gasteiger partial charge in [-0.05, 0) is 61.3 Å².